The molecule has 0 aliphatic rings. The summed E-state index contributed by atoms with van der Waals surface area (Å²) in [5.41, 5.74) is 0. The minimum Gasteiger partial charge on any atom is -0.0881 e. The molecular formula is C27H2. The van der Waals surface area contributed by atoms with E-state index >= 15 is 0 Å². The highest BCUT2D eigenvalue weighted by Gasteiger charge is 1.59. The predicted molar refractivity (Wildman–Crippen MR) is 106 cm³/mol. The summed E-state index contributed by atoms with van der Waals surface area (Å²) in [6.45, 7) is 3.30. The van der Waals surface area contributed by atoms with E-state index in [-0.39, 0.29) is 0 Å². The maximum absolute atomic E-state index is 6.52. The van der Waals surface area contributed by atoms with Gasteiger partial charge in [-0.3, -0.25) is 0 Å². The highest BCUT2D eigenvalue weighted by molar-refractivity contribution is 5.48. The van der Waals surface area contributed by atoms with E-state index in [1.807, 2.05) is 5.92 Å². The Balaban J connectivity index is 4.43. The first kappa shape index (κ1) is 21.3. The number of rotatable bonds is 0. The van der Waals surface area contributed by atoms with E-state index in [1.165, 1.54) is 0 Å². The Morgan fingerprint density at radius 3 is 0.667 bits per heavy atom. The van der Waals surface area contributed by atoms with Crippen molar-refractivity contribution < 1.29 is 0 Å². The second-order valence-corrected chi connectivity index (χ2v) is 3.18. The summed E-state index contributed by atoms with van der Waals surface area (Å²) < 4.78 is 0. The van der Waals surface area contributed by atoms with Crippen LogP contribution in [0.25, 0.3) is 0 Å². The third kappa shape index (κ3) is 20.3. The summed E-state index contributed by atoms with van der Waals surface area (Å²) in [6.07, 6.45) is 6.52. The van der Waals surface area contributed by atoms with Crippen LogP contribution in [0, 0.1) is 161 Å². The Kier molecular flexibility index (Phi) is 16.0. The second kappa shape index (κ2) is 20.3. The molecule has 110 valence electrons. The van der Waals surface area contributed by atoms with Crippen LogP contribution in [-0.4, -0.2) is 0 Å². The molecule has 0 atom stereocenters. The SMILES string of the molecule is [C]#CC#CC#CC#CC#CC#CC#CC#CC#CC#CC#CC#CC#C[CH2]. The van der Waals surface area contributed by atoms with Crippen LogP contribution in [0.4, 0.5) is 0 Å². The molecule has 27 heavy (non-hydrogen) atoms. The van der Waals surface area contributed by atoms with Gasteiger partial charge in [-0.05, 0) is 47.4 Å². The van der Waals surface area contributed by atoms with E-state index in [4.69, 9.17) is 6.42 Å². The van der Waals surface area contributed by atoms with Crippen LogP contribution in [0.1, 0.15) is 0 Å². The van der Waals surface area contributed by atoms with Gasteiger partial charge in [0.1, 0.15) is 0 Å². The monoisotopic (exact) mass is 326 g/mol. The van der Waals surface area contributed by atoms with Gasteiger partial charge >= 0.3 is 0 Å². The first-order valence-electron chi connectivity index (χ1n) is 6.60. The van der Waals surface area contributed by atoms with E-state index in [9.17, 15) is 0 Å². The highest BCUT2D eigenvalue weighted by Crippen LogP contribution is 1.59. The van der Waals surface area contributed by atoms with Crippen LogP contribution in [0.2, 0.25) is 0 Å². The third-order valence-corrected chi connectivity index (χ3v) is 1.53. The fraction of sp³-hybridized carbons (Fsp3) is 0. The van der Waals surface area contributed by atoms with Crippen molar-refractivity contribution in [1.29, 1.82) is 0 Å². The molecule has 0 N–H and O–H groups in total. The zero-order valence-electron chi connectivity index (χ0n) is 13.7. The Hall–Kier alpha value is -5.72. The molecule has 0 saturated carbocycles. The van der Waals surface area contributed by atoms with Crippen molar-refractivity contribution in [2.45, 2.75) is 0 Å². The van der Waals surface area contributed by atoms with Gasteiger partial charge in [0.2, 0.25) is 0 Å². The lowest BCUT2D eigenvalue weighted by atomic mass is 10.4. The van der Waals surface area contributed by atoms with Crippen molar-refractivity contribution in [2.24, 2.45) is 0 Å². The molecule has 0 heterocycles. The molecule has 0 amide bonds. The lowest BCUT2D eigenvalue weighted by molar-refractivity contribution is 2.31. The molecule has 0 spiro atoms. The van der Waals surface area contributed by atoms with Crippen LogP contribution < -0.4 is 0 Å². The van der Waals surface area contributed by atoms with Gasteiger partial charge in [0, 0.05) is 108 Å². The van der Waals surface area contributed by atoms with Gasteiger partial charge in [0.25, 0.3) is 0 Å². The average Bonchev–Trinajstić information content (AvgIpc) is 2.68. The Morgan fingerprint density at radius 2 is 0.481 bits per heavy atom. The summed E-state index contributed by atoms with van der Waals surface area (Å²) in [7, 11) is 0. The van der Waals surface area contributed by atoms with Gasteiger partial charge in [-0.2, -0.15) is 0 Å². The fourth-order valence-corrected chi connectivity index (χ4v) is 0.732. The summed E-state index contributed by atoms with van der Waals surface area (Å²) in [5.74, 6) is 60.7. The van der Waals surface area contributed by atoms with Crippen molar-refractivity contribution in [3.8, 4) is 148 Å². The van der Waals surface area contributed by atoms with Gasteiger partial charge in [-0.15, -0.1) is 0 Å². The molecule has 2 radical (unpaired) electrons. The average molecular weight is 326 g/mol. The number of hydrogen-bond donors (Lipinski definition) is 0. The largest absolute Gasteiger partial charge is 0.0881 e. The minimum absolute atomic E-state index is 1.87. The molecule has 0 aromatic carbocycles. The Labute approximate surface area is 161 Å². The molecule has 0 aliphatic heterocycles. The summed E-state index contributed by atoms with van der Waals surface area (Å²) in [4.78, 5) is 0. The smallest absolute Gasteiger partial charge is 0.0209 e. The zero-order valence-corrected chi connectivity index (χ0v) is 13.7. The molecule has 0 unspecified atom stereocenters. The van der Waals surface area contributed by atoms with Gasteiger partial charge in [0.05, 0.1) is 0 Å². The van der Waals surface area contributed by atoms with E-state index < -0.39 is 0 Å². The number of hydrogen-bond acceptors (Lipinski definition) is 0. The first-order valence-corrected chi connectivity index (χ1v) is 6.60. The molecule has 0 fully saturated rings. The van der Waals surface area contributed by atoms with Crippen LogP contribution >= 0.6 is 0 Å². The molecule has 0 bridgehead atoms. The van der Waals surface area contributed by atoms with Crippen LogP contribution in [0.15, 0.2) is 0 Å². The highest BCUT2D eigenvalue weighted by atomic mass is 13.6. The van der Waals surface area contributed by atoms with Crippen molar-refractivity contribution in [3.05, 3.63) is 13.3 Å². The first-order chi connectivity index (χ1) is 13.4. The Morgan fingerprint density at radius 1 is 0.296 bits per heavy atom. The summed E-state index contributed by atoms with van der Waals surface area (Å²) in [6, 6.07) is 0. The molecule has 0 nitrogen and oxygen atoms in total. The summed E-state index contributed by atoms with van der Waals surface area (Å²) in [5, 5.41) is 0. The minimum atomic E-state index is 1.87. The Bertz CT molecular complexity index is 1380. The van der Waals surface area contributed by atoms with Crippen molar-refractivity contribution in [2.75, 3.05) is 0 Å². The van der Waals surface area contributed by atoms with Crippen molar-refractivity contribution in [1.82, 2.24) is 0 Å². The van der Waals surface area contributed by atoms with Gasteiger partial charge < -0.3 is 0 Å². The molecule has 0 aromatic rings. The maximum Gasteiger partial charge on any atom is 0.0209 e. The second-order valence-electron chi connectivity index (χ2n) is 3.18. The molecule has 0 aliphatic carbocycles. The normalized spacial score (nSPS) is 3.85. The molecule has 0 rings (SSSR count). The standard InChI is InChI=1S/C27H2/c1-3-5-7-9-11-13-15-17-19-21-23-25-27-26-24-22-20-18-16-14-12-10-8-6-4-2/h1H2. The van der Waals surface area contributed by atoms with E-state index in [1.54, 1.807) is 0 Å². The lowest BCUT2D eigenvalue weighted by Crippen LogP contribution is -1.57. The quantitative estimate of drug-likeness (QED) is 0.567. The van der Waals surface area contributed by atoms with Gasteiger partial charge in [-0.1, -0.05) is 5.92 Å². The maximum atomic E-state index is 6.52. The van der Waals surface area contributed by atoms with Crippen molar-refractivity contribution in [3.63, 3.8) is 0 Å². The fourth-order valence-electron chi connectivity index (χ4n) is 0.732. The lowest BCUT2D eigenvalue weighted by Gasteiger charge is -1.57. The van der Waals surface area contributed by atoms with E-state index in [0.29, 0.717) is 0 Å². The van der Waals surface area contributed by atoms with E-state index in [0.717, 1.165) is 0 Å². The molecule has 0 heteroatoms. The zero-order chi connectivity index (χ0) is 19.7. The third-order valence-electron chi connectivity index (χ3n) is 1.53. The van der Waals surface area contributed by atoms with Gasteiger partial charge in [-0.25, -0.2) is 0 Å². The summed E-state index contributed by atoms with van der Waals surface area (Å²) >= 11 is 0. The predicted octanol–water partition coefficient (Wildman–Crippen LogP) is 0.451. The van der Waals surface area contributed by atoms with Crippen LogP contribution in [-0.2, 0) is 0 Å². The van der Waals surface area contributed by atoms with Crippen LogP contribution in [0.5, 0.6) is 0 Å². The van der Waals surface area contributed by atoms with Crippen molar-refractivity contribution >= 4 is 0 Å². The van der Waals surface area contributed by atoms with E-state index in [2.05, 4.69) is 149 Å². The molecule has 0 saturated heterocycles. The molecule has 0 aromatic heterocycles. The topological polar surface area (TPSA) is 0 Å². The van der Waals surface area contributed by atoms with Gasteiger partial charge in [0.15, 0.2) is 0 Å². The molecular weight excluding hydrogens is 324 g/mol. The van der Waals surface area contributed by atoms with Crippen LogP contribution in [0.3, 0.4) is 0 Å².